The third-order valence-corrected chi connectivity index (χ3v) is 5.46. The second kappa shape index (κ2) is 7.28. The van der Waals surface area contributed by atoms with Gasteiger partial charge in [0.15, 0.2) is 0 Å². The van der Waals surface area contributed by atoms with Crippen LogP contribution in [0.15, 0.2) is 5.38 Å². The van der Waals surface area contributed by atoms with Gasteiger partial charge in [-0.25, -0.2) is 4.98 Å². The van der Waals surface area contributed by atoms with E-state index in [1.54, 1.807) is 11.3 Å². The third-order valence-electron chi connectivity index (χ3n) is 4.64. The highest BCUT2D eigenvalue weighted by molar-refractivity contribution is 7.09. The van der Waals surface area contributed by atoms with Crippen LogP contribution in [-0.2, 0) is 20.9 Å². The molecule has 1 atom stereocenters. The third kappa shape index (κ3) is 4.11. The van der Waals surface area contributed by atoms with Gasteiger partial charge in [0.1, 0.15) is 5.60 Å². The molecule has 6 heteroatoms. The number of aromatic nitrogens is 1. The van der Waals surface area contributed by atoms with Gasteiger partial charge in [-0.2, -0.15) is 0 Å². The molecule has 0 N–H and O–H groups in total. The summed E-state index contributed by atoms with van der Waals surface area (Å²) in [5, 5.41) is 3.13. The fourth-order valence-electron chi connectivity index (χ4n) is 3.34. The molecule has 0 unspecified atom stereocenters. The van der Waals surface area contributed by atoms with Crippen LogP contribution in [0.4, 0.5) is 0 Å². The lowest BCUT2D eigenvalue weighted by atomic mass is 9.84. The van der Waals surface area contributed by atoms with E-state index < -0.39 is 0 Å². The first kappa shape index (κ1) is 16.9. The Balaban J connectivity index is 1.45. The lowest BCUT2D eigenvalue weighted by Crippen LogP contribution is -2.67. The molecule has 0 aromatic carbocycles. The number of ether oxygens (including phenoxy) is 2. The molecule has 128 valence electrons. The lowest BCUT2D eigenvalue weighted by molar-refractivity contribution is -0.202. The van der Waals surface area contributed by atoms with Crippen LogP contribution in [0.1, 0.15) is 49.7 Å². The molecule has 5 nitrogen and oxygen atoms in total. The highest BCUT2D eigenvalue weighted by atomic mass is 32.1. The molecule has 1 amide bonds. The van der Waals surface area contributed by atoms with E-state index in [0.29, 0.717) is 13.0 Å². The fourth-order valence-corrected chi connectivity index (χ4v) is 3.93. The van der Waals surface area contributed by atoms with E-state index in [-0.39, 0.29) is 17.6 Å². The quantitative estimate of drug-likeness (QED) is 0.800. The van der Waals surface area contributed by atoms with Gasteiger partial charge in [0.05, 0.1) is 36.5 Å². The van der Waals surface area contributed by atoms with Gasteiger partial charge < -0.3 is 14.4 Å². The molecule has 0 saturated carbocycles. The number of amides is 1. The van der Waals surface area contributed by atoms with E-state index in [9.17, 15) is 4.79 Å². The average Bonchev–Trinajstić information content (AvgIpc) is 2.94. The summed E-state index contributed by atoms with van der Waals surface area (Å²) in [6.45, 7) is 6.87. The number of hydrogen-bond donors (Lipinski definition) is 0. The molecule has 0 aliphatic carbocycles. The van der Waals surface area contributed by atoms with Gasteiger partial charge in [0.2, 0.25) is 5.91 Å². The number of hydrogen-bond acceptors (Lipinski definition) is 5. The average molecular weight is 338 g/mol. The number of nitrogens with zero attached hydrogens (tertiary/aromatic N) is 2. The number of unbranched alkanes of at least 4 members (excludes halogenated alkanes) is 1. The van der Waals surface area contributed by atoms with Crippen molar-refractivity contribution in [3.05, 3.63) is 16.1 Å². The summed E-state index contributed by atoms with van der Waals surface area (Å²) in [6, 6.07) is 0. The Morgan fingerprint density at radius 2 is 2.39 bits per heavy atom. The summed E-state index contributed by atoms with van der Waals surface area (Å²) in [5.74, 6) is 0.266. The van der Waals surface area contributed by atoms with Crippen LogP contribution in [0, 0.1) is 6.92 Å². The molecule has 2 saturated heterocycles. The van der Waals surface area contributed by atoms with E-state index in [2.05, 4.69) is 17.3 Å². The maximum Gasteiger partial charge on any atom is 0.222 e. The van der Waals surface area contributed by atoms with E-state index in [1.807, 2.05) is 11.8 Å². The number of likely N-dealkylation sites (tertiary alicyclic amines) is 1. The van der Waals surface area contributed by atoms with Crippen molar-refractivity contribution in [3.8, 4) is 0 Å². The number of aryl methyl sites for hydroxylation is 1. The number of carbonyl (C=O) groups excluding carboxylic acids is 1. The van der Waals surface area contributed by atoms with Crippen LogP contribution in [0.2, 0.25) is 0 Å². The van der Waals surface area contributed by atoms with Gasteiger partial charge in [0, 0.05) is 24.8 Å². The Bertz CT molecular complexity index is 540. The standard InChI is InChI=1S/C17H26N2O3S/c1-3-4-5-16(20)19-11-17(12-19)8-15(6-7-22-17)21-9-14-10-23-13(2)18-14/h10,15H,3-9,11-12H2,1-2H3/t15-/m0/s1. The minimum Gasteiger partial charge on any atom is -0.372 e. The first-order chi connectivity index (χ1) is 11.1. The number of rotatable bonds is 6. The van der Waals surface area contributed by atoms with Crippen molar-refractivity contribution in [3.63, 3.8) is 0 Å². The van der Waals surface area contributed by atoms with E-state index in [4.69, 9.17) is 9.47 Å². The molecule has 3 rings (SSSR count). The predicted molar refractivity (Wildman–Crippen MR) is 89.5 cm³/mol. The molecular formula is C17H26N2O3S. The molecule has 0 radical (unpaired) electrons. The first-order valence-corrected chi connectivity index (χ1v) is 9.42. The van der Waals surface area contributed by atoms with E-state index >= 15 is 0 Å². The van der Waals surface area contributed by atoms with Crippen molar-refractivity contribution in [2.45, 2.75) is 64.3 Å². The van der Waals surface area contributed by atoms with Crippen molar-refractivity contribution >= 4 is 17.2 Å². The van der Waals surface area contributed by atoms with Crippen LogP contribution in [-0.4, -0.2) is 47.2 Å². The van der Waals surface area contributed by atoms with Gasteiger partial charge in [-0.15, -0.1) is 11.3 Å². The van der Waals surface area contributed by atoms with Crippen LogP contribution in [0.25, 0.3) is 0 Å². The lowest BCUT2D eigenvalue weighted by Gasteiger charge is -2.53. The monoisotopic (exact) mass is 338 g/mol. The zero-order valence-corrected chi connectivity index (χ0v) is 14.9. The van der Waals surface area contributed by atoms with Crippen LogP contribution >= 0.6 is 11.3 Å². The van der Waals surface area contributed by atoms with E-state index in [1.165, 1.54) is 0 Å². The molecule has 1 aromatic rings. The Labute approximate surface area is 142 Å². The number of carbonyl (C=O) groups is 1. The molecule has 1 spiro atoms. The maximum atomic E-state index is 12.0. The van der Waals surface area contributed by atoms with Crippen molar-refractivity contribution in [1.29, 1.82) is 0 Å². The van der Waals surface area contributed by atoms with Crippen molar-refractivity contribution in [2.24, 2.45) is 0 Å². The van der Waals surface area contributed by atoms with Crippen LogP contribution in [0.5, 0.6) is 0 Å². The van der Waals surface area contributed by atoms with Gasteiger partial charge in [-0.3, -0.25) is 4.79 Å². The minimum absolute atomic E-state index is 0.164. The Kier molecular flexibility index (Phi) is 5.34. The highest BCUT2D eigenvalue weighted by Crippen LogP contribution is 2.36. The normalized spacial score (nSPS) is 23.0. The van der Waals surface area contributed by atoms with Gasteiger partial charge in [0.25, 0.3) is 0 Å². The Morgan fingerprint density at radius 3 is 3.09 bits per heavy atom. The first-order valence-electron chi connectivity index (χ1n) is 8.54. The number of thiazole rings is 1. The summed E-state index contributed by atoms with van der Waals surface area (Å²) in [4.78, 5) is 18.4. The minimum atomic E-state index is -0.164. The summed E-state index contributed by atoms with van der Waals surface area (Å²) in [5.41, 5.74) is 0.848. The summed E-state index contributed by atoms with van der Waals surface area (Å²) < 4.78 is 12.0. The molecule has 0 bridgehead atoms. The predicted octanol–water partition coefficient (Wildman–Crippen LogP) is 2.92. The zero-order chi connectivity index (χ0) is 16.3. The molecule has 23 heavy (non-hydrogen) atoms. The van der Waals surface area contributed by atoms with Crippen LogP contribution < -0.4 is 0 Å². The SMILES string of the molecule is CCCCC(=O)N1CC2(C[C@@H](OCc3csc(C)n3)CCO2)C1. The van der Waals surface area contributed by atoms with Gasteiger partial charge in [-0.1, -0.05) is 13.3 Å². The topological polar surface area (TPSA) is 51.7 Å². The molecular weight excluding hydrogens is 312 g/mol. The second-order valence-electron chi connectivity index (χ2n) is 6.67. The Morgan fingerprint density at radius 1 is 1.57 bits per heavy atom. The second-order valence-corrected chi connectivity index (χ2v) is 7.73. The Hall–Kier alpha value is -0.980. The van der Waals surface area contributed by atoms with Crippen molar-refractivity contribution < 1.29 is 14.3 Å². The van der Waals surface area contributed by atoms with Crippen molar-refractivity contribution in [2.75, 3.05) is 19.7 Å². The molecule has 2 aliphatic rings. The maximum absolute atomic E-state index is 12.0. The molecule has 2 aliphatic heterocycles. The summed E-state index contributed by atoms with van der Waals surface area (Å²) in [6.07, 6.45) is 4.71. The zero-order valence-electron chi connectivity index (χ0n) is 14.0. The molecule has 2 fully saturated rings. The molecule has 1 aromatic heterocycles. The van der Waals surface area contributed by atoms with Gasteiger partial charge >= 0.3 is 0 Å². The van der Waals surface area contributed by atoms with Crippen molar-refractivity contribution in [1.82, 2.24) is 9.88 Å². The highest BCUT2D eigenvalue weighted by Gasteiger charge is 2.49. The summed E-state index contributed by atoms with van der Waals surface area (Å²) in [7, 11) is 0. The van der Waals surface area contributed by atoms with E-state index in [0.717, 1.165) is 56.1 Å². The molecule has 3 heterocycles. The fraction of sp³-hybridized carbons (Fsp3) is 0.765. The van der Waals surface area contributed by atoms with Crippen LogP contribution in [0.3, 0.4) is 0 Å². The van der Waals surface area contributed by atoms with Gasteiger partial charge in [-0.05, 0) is 19.8 Å². The largest absolute Gasteiger partial charge is 0.372 e. The summed E-state index contributed by atoms with van der Waals surface area (Å²) >= 11 is 1.66. The smallest absolute Gasteiger partial charge is 0.222 e.